The summed E-state index contributed by atoms with van der Waals surface area (Å²) in [7, 11) is 1.59. The van der Waals surface area contributed by atoms with Gasteiger partial charge in [0.05, 0.1) is 30.6 Å². The van der Waals surface area contributed by atoms with Gasteiger partial charge in [0.2, 0.25) is 5.91 Å². The van der Waals surface area contributed by atoms with Crippen LogP contribution < -0.4 is 15.4 Å². The molecule has 0 saturated carbocycles. The monoisotopic (exact) mass is 511 g/mol. The topological polar surface area (TPSA) is 71.4 Å². The van der Waals surface area contributed by atoms with Crippen LogP contribution in [0.15, 0.2) is 91.3 Å². The molecule has 0 aliphatic carbocycles. The van der Waals surface area contributed by atoms with Crippen LogP contribution in [0.3, 0.4) is 0 Å². The first-order valence-corrected chi connectivity index (χ1v) is 12.6. The van der Waals surface area contributed by atoms with Crippen LogP contribution in [0, 0.1) is 6.92 Å². The second kappa shape index (κ2) is 10.8. The molecular weight excluding hydrogens is 482 g/mol. The lowest BCUT2D eigenvalue weighted by atomic mass is 10.0. The fraction of sp³-hybridized carbons (Fsp3) is 0.207. The second-order valence-electron chi connectivity index (χ2n) is 8.91. The molecule has 2 aromatic carbocycles. The largest absolute Gasteiger partial charge is 0.495 e. The fourth-order valence-electron chi connectivity index (χ4n) is 4.84. The third kappa shape index (κ3) is 5.06. The molecule has 1 saturated heterocycles. The van der Waals surface area contributed by atoms with Gasteiger partial charge in [0, 0.05) is 36.7 Å². The van der Waals surface area contributed by atoms with Crippen molar-refractivity contribution in [2.75, 3.05) is 19.0 Å². The predicted octanol–water partition coefficient (Wildman–Crippen LogP) is 5.19. The number of hydrogen-bond donors (Lipinski definition) is 2. The Morgan fingerprint density at radius 3 is 2.62 bits per heavy atom. The molecule has 37 heavy (non-hydrogen) atoms. The summed E-state index contributed by atoms with van der Waals surface area (Å²) in [5.41, 5.74) is 4.89. The van der Waals surface area contributed by atoms with Gasteiger partial charge in [-0.3, -0.25) is 9.78 Å². The highest BCUT2D eigenvalue weighted by molar-refractivity contribution is 7.80. The van der Waals surface area contributed by atoms with Crippen LogP contribution in [0.2, 0.25) is 0 Å². The molecule has 7 nitrogen and oxygen atoms in total. The number of methoxy groups -OCH3 is 1. The van der Waals surface area contributed by atoms with Gasteiger partial charge in [0.25, 0.3) is 0 Å². The molecule has 1 amide bonds. The zero-order valence-electron chi connectivity index (χ0n) is 20.8. The van der Waals surface area contributed by atoms with E-state index >= 15 is 0 Å². The normalized spacial score (nSPS) is 16.9. The van der Waals surface area contributed by atoms with Gasteiger partial charge in [-0.15, -0.1) is 0 Å². The maximum absolute atomic E-state index is 12.9. The summed E-state index contributed by atoms with van der Waals surface area (Å²) < 4.78 is 7.57. The van der Waals surface area contributed by atoms with E-state index in [1.165, 1.54) is 5.56 Å². The van der Waals surface area contributed by atoms with E-state index in [9.17, 15) is 4.79 Å². The Labute approximate surface area is 222 Å². The maximum Gasteiger partial charge on any atom is 0.226 e. The number of hydrogen-bond acceptors (Lipinski definition) is 4. The number of carbonyl (C=O) groups is 1. The number of benzene rings is 2. The fourth-order valence-corrected chi connectivity index (χ4v) is 5.17. The Morgan fingerprint density at radius 1 is 1.05 bits per heavy atom. The number of carbonyl (C=O) groups excluding carboxylic acids is 1. The number of aryl methyl sites for hydroxylation is 1. The van der Waals surface area contributed by atoms with Crippen molar-refractivity contribution < 1.29 is 9.53 Å². The molecule has 0 bridgehead atoms. The van der Waals surface area contributed by atoms with Gasteiger partial charge < -0.3 is 24.8 Å². The lowest BCUT2D eigenvalue weighted by Crippen LogP contribution is -2.33. The Bertz CT molecular complexity index is 1400. The Hall–Kier alpha value is -4.17. The number of nitrogens with one attached hydrogen (secondary N) is 2. The summed E-state index contributed by atoms with van der Waals surface area (Å²) in [6.45, 7) is 2.55. The van der Waals surface area contributed by atoms with Crippen molar-refractivity contribution in [2.24, 2.45) is 0 Å². The number of rotatable bonds is 8. The van der Waals surface area contributed by atoms with Crippen molar-refractivity contribution in [3.05, 3.63) is 108 Å². The molecule has 0 radical (unpaired) electrons. The second-order valence-corrected chi connectivity index (χ2v) is 9.29. The first-order chi connectivity index (χ1) is 18.1. The minimum absolute atomic E-state index is 0.110. The molecule has 2 aromatic heterocycles. The lowest BCUT2D eigenvalue weighted by molar-refractivity contribution is -0.116. The quantitative estimate of drug-likeness (QED) is 0.317. The molecule has 4 aromatic rings. The average molecular weight is 512 g/mol. The summed E-state index contributed by atoms with van der Waals surface area (Å²) in [6.07, 6.45) is 4.12. The van der Waals surface area contributed by atoms with Crippen LogP contribution in [-0.4, -0.2) is 39.1 Å². The van der Waals surface area contributed by atoms with E-state index in [-0.39, 0.29) is 24.4 Å². The van der Waals surface area contributed by atoms with Crippen molar-refractivity contribution in [1.82, 2.24) is 19.8 Å². The lowest BCUT2D eigenvalue weighted by Gasteiger charge is -2.29. The van der Waals surface area contributed by atoms with Gasteiger partial charge in [0.1, 0.15) is 5.75 Å². The Kier molecular flexibility index (Phi) is 7.18. The molecule has 3 heterocycles. The molecule has 188 valence electrons. The molecule has 2 N–H and O–H groups in total. The van der Waals surface area contributed by atoms with Gasteiger partial charge in [-0.2, -0.15) is 0 Å². The molecule has 2 atom stereocenters. The van der Waals surface area contributed by atoms with Gasteiger partial charge in [-0.25, -0.2) is 0 Å². The third-order valence-electron chi connectivity index (χ3n) is 6.62. The molecule has 1 fully saturated rings. The summed E-state index contributed by atoms with van der Waals surface area (Å²) in [4.78, 5) is 19.7. The van der Waals surface area contributed by atoms with Crippen LogP contribution in [-0.2, 0) is 4.79 Å². The number of anilines is 1. The zero-order valence-corrected chi connectivity index (χ0v) is 21.6. The SMILES string of the molecule is COc1ccccc1NC(=O)CCN1C(=S)NC(c2ccccn2)C1c1cccn1-c1ccccc1C. The minimum atomic E-state index is -0.163. The van der Waals surface area contributed by atoms with E-state index in [4.69, 9.17) is 17.0 Å². The first-order valence-electron chi connectivity index (χ1n) is 12.2. The molecule has 1 aliphatic rings. The molecule has 2 unspecified atom stereocenters. The van der Waals surface area contributed by atoms with Crippen molar-refractivity contribution in [1.29, 1.82) is 0 Å². The van der Waals surface area contributed by atoms with Crippen molar-refractivity contribution in [3.63, 3.8) is 0 Å². The van der Waals surface area contributed by atoms with Crippen LogP contribution in [0.1, 0.15) is 35.5 Å². The summed E-state index contributed by atoms with van der Waals surface area (Å²) in [6, 6.07) is 25.4. The van der Waals surface area contributed by atoms with Crippen LogP contribution in [0.5, 0.6) is 5.75 Å². The van der Waals surface area contributed by atoms with Gasteiger partial charge in [-0.1, -0.05) is 36.4 Å². The van der Waals surface area contributed by atoms with E-state index in [0.29, 0.717) is 23.1 Å². The van der Waals surface area contributed by atoms with E-state index in [2.05, 4.69) is 56.4 Å². The summed E-state index contributed by atoms with van der Waals surface area (Å²) >= 11 is 5.80. The highest BCUT2D eigenvalue weighted by Crippen LogP contribution is 2.40. The van der Waals surface area contributed by atoms with Crippen LogP contribution in [0.4, 0.5) is 5.69 Å². The third-order valence-corrected chi connectivity index (χ3v) is 6.97. The van der Waals surface area contributed by atoms with Gasteiger partial charge in [-0.05, 0) is 67.2 Å². The summed E-state index contributed by atoms with van der Waals surface area (Å²) in [5, 5.41) is 7.04. The average Bonchev–Trinajstić information content (AvgIpc) is 3.52. The smallest absolute Gasteiger partial charge is 0.226 e. The van der Waals surface area contributed by atoms with E-state index in [1.807, 2.05) is 60.7 Å². The number of nitrogens with zero attached hydrogens (tertiary/aromatic N) is 3. The minimum Gasteiger partial charge on any atom is -0.495 e. The molecule has 8 heteroatoms. The number of para-hydroxylation sites is 3. The first kappa shape index (κ1) is 24.5. The number of pyridine rings is 1. The highest BCUT2D eigenvalue weighted by Gasteiger charge is 2.41. The summed E-state index contributed by atoms with van der Waals surface area (Å²) in [5.74, 6) is 0.514. The predicted molar refractivity (Wildman–Crippen MR) is 149 cm³/mol. The molecule has 0 spiro atoms. The standard InChI is InChI=1S/C29H29N5O2S/c1-20-10-3-5-13-23(20)33-18-9-14-24(33)28-27(22-12-7-8-17-30-22)32-29(37)34(28)19-16-26(35)31-21-11-4-6-15-25(21)36-2/h3-15,17-18,27-28H,16,19H2,1-2H3,(H,31,35)(H,32,37). The number of thiocarbonyl (C=S) groups is 1. The maximum atomic E-state index is 12.9. The van der Waals surface area contributed by atoms with Crippen LogP contribution >= 0.6 is 12.2 Å². The van der Waals surface area contributed by atoms with Crippen molar-refractivity contribution in [2.45, 2.75) is 25.4 Å². The zero-order chi connectivity index (χ0) is 25.8. The highest BCUT2D eigenvalue weighted by atomic mass is 32.1. The van der Waals surface area contributed by atoms with Crippen molar-refractivity contribution in [3.8, 4) is 11.4 Å². The van der Waals surface area contributed by atoms with E-state index in [0.717, 1.165) is 17.1 Å². The van der Waals surface area contributed by atoms with Crippen LogP contribution in [0.25, 0.3) is 5.69 Å². The Morgan fingerprint density at radius 2 is 1.84 bits per heavy atom. The molecule has 1 aliphatic heterocycles. The number of aromatic nitrogens is 2. The number of ether oxygens (including phenoxy) is 1. The van der Waals surface area contributed by atoms with E-state index < -0.39 is 0 Å². The van der Waals surface area contributed by atoms with Crippen molar-refractivity contribution >= 4 is 28.9 Å². The molecular formula is C29H29N5O2S. The Balaban J connectivity index is 1.45. The number of amides is 1. The molecule has 5 rings (SSSR count). The van der Waals surface area contributed by atoms with E-state index in [1.54, 1.807) is 13.3 Å². The van der Waals surface area contributed by atoms with Gasteiger partial charge in [0.15, 0.2) is 5.11 Å². The van der Waals surface area contributed by atoms with Gasteiger partial charge >= 0.3 is 0 Å².